The number of thiazole rings is 1. The fourth-order valence-corrected chi connectivity index (χ4v) is 2.71. The summed E-state index contributed by atoms with van der Waals surface area (Å²) < 4.78 is 12.0. The van der Waals surface area contributed by atoms with Crippen LogP contribution in [0.25, 0.3) is 10.2 Å². The first-order valence-corrected chi connectivity index (χ1v) is 7.67. The molecule has 0 aliphatic heterocycles. The topological polar surface area (TPSA) is 42.0 Å². The van der Waals surface area contributed by atoms with Gasteiger partial charge in [0.25, 0.3) is 0 Å². The van der Waals surface area contributed by atoms with Gasteiger partial charge in [0.1, 0.15) is 0 Å². The van der Waals surface area contributed by atoms with E-state index in [0.29, 0.717) is 17.3 Å². The van der Waals surface area contributed by atoms with Crippen LogP contribution in [0.5, 0.6) is 0 Å². The Labute approximate surface area is 105 Å². The van der Waals surface area contributed by atoms with Gasteiger partial charge in [0.15, 0.2) is 5.13 Å². The fourth-order valence-electron chi connectivity index (χ4n) is 1.28. The lowest BCUT2D eigenvalue weighted by Crippen LogP contribution is -2.09. The highest BCUT2D eigenvalue weighted by atomic mass is 35.5. The molecular formula is C10H11ClN2OS2. The van der Waals surface area contributed by atoms with E-state index in [1.807, 2.05) is 18.2 Å². The summed E-state index contributed by atoms with van der Waals surface area (Å²) in [6.07, 6.45) is 1.69. The Bertz CT molecular complexity index is 527. The molecule has 0 spiro atoms. The van der Waals surface area contributed by atoms with Crippen molar-refractivity contribution in [3.63, 3.8) is 0 Å². The van der Waals surface area contributed by atoms with Crippen LogP contribution >= 0.6 is 22.9 Å². The number of hydrogen-bond donors (Lipinski definition) is 1. The highest BCUT2D eigenvalue weighted by Crippen LogP contribution is 2.27. The molecule has 0 bridgehead atoms. The summed E-state index contributed by atoms with van der Waals surface area (Å²) in [5, 5.41) is 4.70. The third kappa shape index (κ3) is 2.93. The Morgan fingerprint density at radius 2 is 2.38 bits per heavy atom. The van der Waals surface area contributed by atoms with E-state index in [2.05, 4.69) is 10.3 Å². The number of nitrogens with zero attached hydrogens (tertiary/aromatic N) is 1. The largest absolute Gasteiger partial charge is 0.361 e. The van der Waals surface area contributed by atoms with Gasteiger partial charge in [0, 0.05) is 34.4 Å². The number of halogens is 1. The maximum absolute atomic E-state index is 10.9. The zero-order valence-electron chi connectivity index (χ0n) is 8.70. The molecule has 86 valence electrons. The van der Waals surface area contributed by atoms with Gasteiger partial charge in [-0.25, -0.2) is 4.98 Å². The number of rotatable bonds is 4. The second-order valence-corrected chi connectivity index (χ2v) is 6.36. The van der Waals surface area contributed by atoms with Crippen molar-refractivity contribution in [2.75, 3.05) is 23.9 Å². The van der Waals surface area contributed by atoms with Crippen molar-refractivity contribution >= 4 is 49.1 Å². The molecule has 1 N–H and O–H groups in total. The summed E-state index contributed by atoms with van der Waals surface area (Å²) in [6, 6.07) is 5.65. The highest BCUT2D eigenvalue weighted by Gasteiger charge is 2.03. The molecule has 0 amide bonds. The van der Waals surface area contributed by atoms with Crippen LogP contribution in [0.2, 0.25) is 5.02 Å². The monoisotopic (exact) mass is 274 g/mol. The van der Waals surface area contributed by atoms with Gasteiger partial charge in [-0.3, -0.25) is 4.21 Å². The molecule has 1 aromatic carbocycles. The van der Waals surface area contributed by atoms with Gasteiger partial charge in [0.05, 0.1) is 10.2 Å². The van der Waals surface area contributed by atoms with Crippen LogP contribution in [-0.4, -0.2) is 27.7 Å². The van der Waals surface area contributed by atoms with Crippen LogP contribution in [0.15, 0.2) is 18.2 Å². The van der Waals surface area contributed by atoms with Gasteiger partial charge < -0.3 is 5.32 Å². The van der Waals surface area contributed by atoms with E-state index in [9.17, 15) is 4.21 Å². The molecule has 0 aliphatic carbocycles. The minimum Gasteiger partial charge on any atom is -0.361 e. The molecule has 16 heavy (non-hydrogen) atoms. The lowest BCUT2D eigenvalue weighted by atomic mass is 10.3. The van der Waals surface area contributed by atoms with E-state index < -0.39 is 10.8 Å². The molecule has 2 rings (SSSR count). The third-order valence-corrected chi connectivity index (χ3v) is 4.02. The molecule has 1 unspecified atom stereocenters. The quantitative estimate of drug-likeness (QED) is 0.932. The Balaban J connectivity index is 2.10. The van der Waals surface area contributed by atoms with Gasteiger partial charge >= 0.3 is 0 Å². The van der Waals surface area contributed by atoms with Crippen LogP contribution in [0.4, 0.5) is 5.13 Å². The van der Waals surface area contributed by atoms with Gasteiger partial charge in [0.2, 0.25) is 0 Å². The summed E-state index contributed by atoms with van der Waals surface area (Å²) >= 11 is 7.46. The van der Waals surface area contributed by atoms with Crippen molar-refractivity contribution < 1.29 is 4.21 Å². The molecule has 1 aromatic heterocycles. The van der Waals surface area contributed by atoms with E-state index >= 15 is 0 Å². The number of nitrogens with one attached hydrogen (secondary N) is 1. The smallest absolute Gasteiger partial charge is 0.183 e. The Morgan fingerprint density at radius 1 is 1.56 bits per heavy atom. The van der Waals surface area contributed by atoms with E-state index in [1.54, 1.807) is 17.6 Å². The van der Waals surface area contributed by atoms with Gasteiger partial charge in [-0.15, -0.1) is 0 Å². The zero-order chi connectivity index (χ0) is 11.5. The average Bonchev–Trinajstić information content (AvgIpc) is 2.58. The predicted octanol–water partition coefficient (Wildman–Crippen LogP) is 2.74. The Morgan fingerprint density at radius 3 is 3.12 bits per heavy atom. The molecule has 0 radical (unpaired) electrons. The summed E-state index contributed by atoms with van der Waals surface area (Å²) in [5.41, 5.74) is 0.901. The molecule has 0 aliphatic rings. The van der Waals surface area contributed by atoms with Crippen LogP contribution in [0.3, 0.4) is 0 Å². The number of fused-ring (bicyclic) bond motifs is 1. The molecule has 2 aromatic rings. The average molecular weight is 275 g/mol. The van der Waals surface area contributed by atoms with Crippen molar-refractivity contribution in [3.05, 3.63) is 23.2 Å². The van der Waals surface area contributed by atoms with Crippen LogP contribution < -0.4 is 5.32 Å². The molecule has 1 atom stereocenters. The number of hydrogen-bond acceptors (Lipinski definition) is 4. The summed E-state index contributed by atoms with van der Waals surface area (Å²) in [4.78, 5) is 4.39. The minimum atomic E-state index is -0.767. The Hall–Kier alpha value is -0.650. The molecular weight excluding hydrogens is 264 g/mol. The number of benzene rings is 1. The van der Waals surface area contributed by atoms with E-state index in [0.717, 1.165) is 15.3 Å². The van der Waals surface area contributed by atoms with Crippen molar-refractivity contribution in [2.24, 2.45) is 0 Å². The molecule has 0 fully saturated rings. The first-order valence-electron chi connectivity index (χ1n) is 4.75. The molecule has 0 saturated carbocycles. The zero-order valence-corrected chi connectivity index (χ0v) is 11.1. The van der Waals surface area contributed by atoms with E-state index in [-0.39, 0.29) is 0 Å². The van der Waals surface area contributed by atoms with Crippen molar-refractivity contribution in [1.82, 2.24) is 4.98 Å². The lowest BCUT2D eigenvalue weighted by molar-refractivity contribution is 0.687. The maximum Gasteiger partial charge on any atom is 0.183 e. The fraction of sp³-hybridized carbons (Fsp3) is 0.300. The van der Waals surface area contributed by atoms with Gasteiger partial charge in [-0.1, -0.05) is 22.9 Å². The first-order chi connectivity index (χ1) is 7.65. The third-order valence-electron chi connectivity index (χ3n) is 2.02. The van der Waals surface area contributed by atoms with E-state index in [1.165, 1.54) is 0 Å². The number of anilines is 1. The number of aromatic nitrogens is 1. The van der Waals surface area contributed by atoms with Gasteiger partial charge in [-0.2, -0.15) is 0 Å². The molecule has 1 heterocycles. The van der Waals surface area contributed by atoms with Crippen LogP contribution in [-0.2, 0) is 10.8 Å². The van der Waals surface area contributed by atoms with Crippen LogP contribution in [0, 0.1) is 0 Å². The predicted molar refractivity (Wildman–Crippen MR) is 72.1 cm³/mol. The maximum atomic E-state index is 10.9. The Kier molecular flexibility index (Phi) is 3.78. The first kappa shape index (κ1) is 11.8. The second-order valence-electron chi connectivity index (χ2n) is 3.34. The lowest BCUT2D eigenvalue weighted by Gasteiger charge is -1.98. The minimum absolute atomic E-state index is 0.636. The second kappa shape index (κ2) is 5.12. The van der Waals surface area contributed by atoms with Crippen molar-refractivity contribution in [3.8, 4) is 0 Å². The molecule has 0 saturated heterocycles. The molecule has 6 heteroatoms. The summed E-state index contributed by atoms with van der Waals surface area (Å²) in [6.45, 7) is 0.677. The molecule has 3 nitrogen and oxygen atoms in total. The van der Waals surface area contributed by atoms with E-state index in [4.69, 9.17) is 11.6 Å². The summed E-state index contributed by atoms with van der Waals surface area (Å²) in [5.74, 6) is 0.636. The highest BCUT2D eigenvalue weighted by molar-refractivity contribution is 7.84. The normalized spacial score (nSPS) is 12.9. The summed E-state index contributed by atoms with van der Waals surface area (Å²) in [7, 11) is -0.767. The van der Waals surface area contributed by atoms with Crippen molar-refractivity contribution in [2.45, 2.75) is 0 Å². The van der Waals surface area contributed by atoms with Crippen molar-refractivity contribution in [1.29, 1.82) is 0 Å². The standard InChI is InChI=1S/C10H11ClN2OS2/c1-16(14)5-4-12-10-13-8-6-7(11)2-3-9(8)15-10/h2-3,6H,4-5H2,1H3,(H,12,13). The SMILES string of the molecule is CS(=O)CCNc1nc2cc(Cl)ccc2s1. The van der Waals surface area contributed by atoms with Gasteiger partial charge in [-0.05, 0) is 18.2 Å². The van der Waals surface area contributed by atoms with Crippen LogP contribution in [0.1, 0.15) is 0 Å².